The van der Waals surface area contributed by atoms with Crippen LogP contribution in [0, 0.1) is 12.8 Å². The molecule has 0 spiro atoms. The van der Waals surface area contributed by atoms with Crippen LogP contribution in [0.15, 0.2) is 28.6 Å². The normalized spacial score (nSPS) is 13.9. The monoisotopic (exact) mass is 447 g/mol. The van der Waals surface area contributed by atoms with Gasteiger partial charge in [0.1, 0.15) is 5.60 Å². The van der Waals surface area contributed by atoms with Gasteiger partial charge in [0.05, 0.1) is 6.04 Å². The Labute approximate surface area is 185 Å². The molecule has 0 aliphatic rings. The summed E-state index contributed by atoms with van der Waals surface area (Å²) >= 11 is 3.19. The highest BCUT2D eigenvalue weighted by Crippen LogP contribution is 2.31. The molecular formula is C21H29N5O2S2. The van der Waals surface area contributed by atoms with Gasteiger partial charge in [-0.15, -0.1) is 15.3 Å². The molecule has 2 unspecified atom stereocenters. The van der Waals surface area contributed by atoms with Crippen LogP contribution in [0.25, 0.3) is 4.96 Å². The summed E-state index contributed by atoms with van der Waals surface area (Å²) in [5, 5.41) is 16.3. The van der Waals surface area contributed by atoms with Crippen molar-refractivity contribution in [3.63, 3.8) is 0 Å². The summed E-state index contributed by atoms with van der Waals surface area (Å²) < 4.78 is 8.12. The first kappa shape index (κ1) is 22.6. The van der Waals surface area contributed by atoms with Crippen LogP contribution >= 0.6 is 23.1 Å². The molecular weight excluding hydrogens is 418 g/mol. The largest absolute Gasteiger partial charge is 0.444 e. The average Bonchev–Trinajstić information content (AvgIpc) is 3.24. The molecule has 1 aromatic carbocycles. The van der Waals surface area contributed by atoms with Crippen LogP contribution in [0.1, 0.15) is 64.0 Å². The van der Waals surface area contributed by atoms with E-state index in [1.54, 1.807) is 16.3 Å². The number of amides is 1. The maximum atomic E-state index is 12.4. The Balaban J connectivity index is 1.80. The van der Waals surface area contributed by atoms with Gasteiger partial charge in [0.25, 0.3) is 0 Å². The Morgan fingerprint density at radius 2 is 2.03 bits per heavy atom. The lowest BCUT2D eigenvalue weighted by atomic mass is 9.99. The standard InChI is InChI=1S/C21H29N5O2S2/c1-7-13(2)16(22-19(27)28-21(4,5)6)17-23-24-18-26(17)25-20(30-18)29-12-15-11-9-8-10-14(15)3/h8-11,13,16H,7,12H2,1-6H3,(H,22,27). The number of ether oxygens (including phenoxy) is 1. The van der Waals surface area contributed by atoms with Crippen molar-refractivity contribution in [1.82, 2.24) is 25.1 Å². The number of aryl methyl sites for hydroxylation is 1. The molecule has 0 bridgehead atoms. The van der Waals surface area contributed by atoms with Gasteiger partial charge in [-0.1, -0.05) is 67.6 Å². The summed E-state index contributed by atoms with van der Waals surface area (Å²) in [7, 11) is 0. The quantitative estimate of drug-likeness (QED) is 0.489. The summed E-state index contributed by atoms with van der Waals surface area (Å²) in [5.41, 5.74) is 1.99. The molecule has 0 saturated heterocycles. The van der Waals surface area contributed by atoms with E-state index in [1.807, 2.05) is 26.8 Å². The second kappa shape index (κ2) is 9.34. The second-order valence-corrected chi connectivity index (χ2v) is 10.5. The lowest BCUT2D eigenvalue weighted by Gasteiger charge is -2.25. The number of thioether (sulfide) groups is 1. The van der Waals surface area contributed by atoms with E-state index in [2.05, 4.69) is 54.5 Å². The molecule has 0 saturated carbocycles. The Kier molecular flexibility index (Phi) is 7.02. The number of carbonyl (C=O) groups is 1. The molecule has 3 aromatic rings. The number of hydrogen-bond donors (Lipinski definition) is 1. The Bertz CT molecular complexity index is 1010. The zero-order valence-electron chi connectivity index (χ0n) is 18.3. The van der Waals surface area contributed by atoms with E-state index < -0.39 is 11.7 Å². The van der Waals surface area contributed by atoms with Crippen molar-refractivity contribution in [2.75, 3.05) is 0 Å². The van der Waals surface area contributed by atoms with Crippen LogP contribution in [0.4, 0.5) is 4.79 Å². The van der Waals surface area contributed by atoms with E-state index in [1.165, 1.54) is 22.5 Å². The van der Waals surface area contributed by atoms with E-state index in [0.29, 0.717) is 5.82 Å². The lowest BCUT2D eigenvalue weighted by molar-refractivity contribution is 0.0482. The smallest absolute Gasteiger partial charge is 0.408 e. The van der Waals surface area contributed by atoms with Gasteiger partial charge in [0.2, 0.25) is 4.96 Å². The Hall–Kier alpha value is -2.13. The van der Waals surface area contributed by atoms with Crippen LogP contribution in [-0.2, 0) is 10.5 Å². The Morgan fingerprint density at radius 3 is 2.70 bits per heavy atom. The van der Waals surface area contributed by atoms with Gasteiger partial charge in [-0.25, -0.2) is 4.79 Å². The van der Waals surface area contributed by atoms with Crippen LogP contribution in [0.5, 0.6) is 0 Å². The molecule has 2 atom stereocenters. The number of hydrogen-bond acceptors (Lipinski definition) is 7. The number of carbonyl (C=O) groups excluding carboxylic acids is 1. The van der Waals surface area contributed by atoms with Crippen molar-refractivity contribution in [2.24, 2.45) is 5.92 Å². The molecule has 1 amide bonds. The fourth-order valence-corrected chi connectivity index (χ4v) is 4.87. The maximum absolute atomic E-state index is 12.4. The number of nitrogens with one attached hydrogen (secondary N) is 1. The van der Waals surface area contributed by atoms with E-state index in [0.717, 1.165) is 21.5 Å². The van der Waals surface area contributed by atoms with Crippen molar-refractivity contribution in [1.29, 1.82) is 0 Å². The second-order valence-electron chi connectivity index (χ2n) is 8.35. The van der Waals surface area contributed by atoms with Gasteiger partial charge in [-0.3, -0.25) is 0 Å². The lowest BCUT2D eigenvalue weighted by Crippen LogP contribution is -2.38. The van der Waals surface area contributed by atoms with Crippen molar-refractivity contribution in [3.8, 4) is 0 Å². The first-order valence-corrected chi connectivity index (χ1v) is 11.9. The van der Waals surface area contributed by atoms with E-state index >= 15 is 0 Å². The molecule has 2 heterocycles. The van der Waals surface area contributed by atoms with Gasteiger partial charge in [0, 0.05) is 5.75 Å². The van der Waals surface area contributed by atoms with Gasteiger partial charge in [-0.2, -0.15) is 4.52 Å². The molecule has 0 aliphatic carbocycles. The molecule has 0 radical (unpaired) electrons. The van der Waals surface area contributed by atoms with Crippen LogP contribution in [0.2, 0.25) is 0 Å². The first-order chi connectivity index (χ1) is 14.2. The molecule has 0 fully saturated rings. The van der Waals surface area contributed by atoms with E-state index in [4.69, 9.17) is 9.84 Å². The number of alkyl carbamates (subject to hydrolysis) is 1. The summed E-state index contributed by atoms with van der Waals surface area (Å²) in [5.74, 6) is 1.62. The molecule has 7 nitrogen and oxygen atoms in total. The van der Waals surface area contributed by atoms with Gasteiger partial charge in [-0.05, 0) is 44.7 Å². The maximum Gasteiger partial charge on any atom is 0.408 e. The number of benzene rings is 1. The molecule has 2 aromatic heterocycles. The molecule has 0 aliphatic heterocycles. The number of aromatic nitrogens is 4. The predicted octanol–water partition coefficient (Wildman–Crippen LogP) is 5.40. The highest BCUT2D eigenvalue weighted by atomic mass is 32.2. The van der Waals surface area contributed by atoms with Gasteiger partial charge < -0.3 is 10.1 Å². The summed E-state index contributed by atoms with van der Waals surface area (Å²) in [4.78, 5) is 13.1. The fraction of sp³-hybridized carbons (Fsp3) is 0.524. The van der Waals surface area contributed by atoms with Crippen molar-refractivity contribution in [2.45, 2.75) is 69.7 Å². The van der Waals surface area contributed by atoms with Crippen LogP contribution in [-0.4, -0.2) is 31.5 Å². The van der Waals surface area contributed by atoms with Crippen molar-refractivity contribution >= 4 is 34.2 Å². The summed E-state index contributed by atoms with van der Waals surface area (Å²) in [6, 6.07) is 8.02. The average molecular weight is 448 g/mol. The zero-order valence-corrected chi connectivity index (χ0v) is 19.9. The van der Waals surface area contributed by atoms with E-state index in [9.17, 15) is 4.79 Å². The molecule has 162 valence electrons. The third-order valence-corrected chi connectivity index (χ3v) is 6.85. The number of fused-ring (bicyclic) bond motifs is 1. The van der Waals surface area contributed by atoms with E-state index in [-0.39, 0.29) is 12.0 Å². The van der Waals surface area contributed by atoms with Gasteiger partial charge in [0.15, 0.2) is 10.2 Å². The highest BCUT2D eigenvalue weighted by Gasteiger charge is 2.29. The third-order valence-electron chi connectivity index (χ3n) is 4.77. The molecule has 9 heteroatoms. The minimum absolute atomic E-state index is 0.148. The minimum atomic E-state index is -0.565. The Morgan fingerprint density at radius 1 is 1.30 bits per heavy atom. The van der Waals surface area contributed by atoms with Crippen molar-refractivity contribution < 1.29 is 9.53 Å². The van der Waals surface area contributed by atoms with Crippen molar-refractivity contribution in [3.05, 3.63) is 41.2 Å². The van der Waals surface area contributed by atoms with Crippen LogP contribution in [0.3, 0.4) is 0 Å². The number of nitrogens with zero attached hydrogens (tertiary/aromatic N) is 4. The van der Waals surface area contributed by atoms with Gasteiger partial charge >= 0.3 is 6.09 Å². The third kappa shape index (κ3) is 5.51. The highest BCUT2D eigenvalue weighted by molar-refractivity contribution is 8.00. The zero-order chi connectivity index (χ0) is 21.9. The first-order valence-electron chi connectivity index (χ1n) is 10.1. The number of rotatable bonds is 7. The molecule has 30 heavy (non-hydrogen) atoms. The molecule has 3 rings (SSSR count). The predicted molar refractivity (Wildman–Crippen MR) is 121 cm³/mol. The van der Waals surface area contributed by atoms with Crippen LogP contribution < -0.4 is 5.32 Å². The molecule has 1 N–H and O–H groups in total. The fourth-order valence-electron chi connectivity index (χ4n) is 2.91. The summed E-state index contributed by atoms with van der Waals surface area (Å²) in [6.45, 7) is 11.8. The topological polar surface area (TPSA) is 81.4 Å². The summed E-state index contributed by atoms with van der Waals surface area (Å²) in [6.07, 6.45) is 0.405. The minimum Gasteiger partial charge on any atom is -0.444 e. The SMILES string of the molecule is CCC(C)C(NC(=O)OC(C)(C)C)c1nnc2sc(SCc3ccccc3C)nn12.